The third kappa shape index (κ3) is 10.1. The molecule has 0 aliphatic carbocycles. The molecular weight excluding hydrogens is 733 g/mol. The van der Waals surface area contributed by atoms with Gasteiger partial charge in [0.05, 0.1) is 0 Å². The number of aryl methyl sites for hydroxylation is 1. The maximum Gasteiger partial charge on any atom is 0.262 e. The monoisotopic (exact) mass is 794 g/mol. The van der Waals surface area contributed by atoms with Crippen molar-refractivity contribution in [3.05, 3.63) is 96.1 Å². The first-order chi connectivity index (χ1) is 27.1. The molecule has 5 rings (SSSR count). The molecule has 0 spiro atoms. The van der Waals surface area contributed by atoms with Crippen molar-refractivity contribution >= 4 is 48.1 Å². The third-order valence-corrected chi connectivity index (χ3v) is 17.0. The quantitative estimate of drug-likeness (QED) is 0.150. The molecule has 2 heterocycles. The van der Waals surface area contributed by atoms with Crippen LogP contribution in [0.1, 0.15) is 104 Å². The topological polar surface area (TPSA) is 134 Å². The molecule has 0 saturated carbocycles. The predicted molar refractivity (Wildman–Crippen MR) is 227 cm³/mol. The summed E-state index contributed by atoms with van der Waals surface area (Å²) in [5.74, 6) is -1.54. The molecule has 4 amide bonds. The molecule has 57 heavy (non-hydrogen) atoms. The Hall–Kier alpha value is -4.61. The molecule has 0 radical (unpaired) electrons. The number of hydrogen-bond acceptors (Lipinski definition) is 6. The second-order valence-electron chi connectivity index (χ2n) is 17.1. The molecule has 3 aromatic carbocycles. The number of nitrogens with zero attached hydrogens (tertiary/aromatic N) is 1. The molecule has 5 atom stereocenters. The average Bonchev–Trinajstić information content (AvgIpc) is 3.69. The van der Waals surface area contributed by atoms with Crippen molar-refractivity contribution in [2.24, 2.45) is 0 Å². The lowest BCUT2D eigenvalue weighted by Crippen LogP contribution is -2.68. The lowest BCUT2D eigenvalue weighted by molar-refractivity contribution is -0.144. The van der Waals surface area contributed by atoms with Crippen LogP contribution in [0.3, 0.4) is 0 Å². The number of rotatable bonds is 14. The Balaban J connectivity index is 1.25. The van der Waals surface area contributed by atoms with E-state index < -0.39 is 49.9 Å². The molecule has 0 aromatic heterocycles. The van der Waals surface area contributed by atoms with E-state index in [2.05, 4.69) is 61.0 Å². The van der Waals surface area contributed by atoms with Gasteiger partial charge in [0.25, 0.3) is 8.32 Å². The number of unbranched alkanes of at least 4 members (excludes halogenated alkanes) is 2. The fourth-order valence-electron chi connectivity index (χ4n) is 8.23. The van der Waals surface area contributed by atoms with E-state index >= 15 is 0 Å². The largest absolute Gasteiger partial charge is 0.398 e. The zero-order valence-corrected chi connectivity index (χ0v) is 35.9. The highest BCUT2D eigenvalue weighted by atomic mass is 28.4. The van der Waals surface area contributed by atoms with Gasteiger partial charge in [0.1, 0.15) is 29.8 Å². The van der Waals surface area contributed by atoms with E-state index in [-0.39, 0.29) is 35.5 Å². The van der Waals surface area contributed by atoms with Crippen molar-refractivity contribution in [1.29, 1.82) is 0 Å². The van der Waals surface area contributed by atoms with Crippen LogP contribution in [0.5, 0.6) is 0 Å². The molecular formula is C46H62N4O6Si. The van der Waals surface area contributed by atoms with Crippen LogP contribution in [-0.4, -0.2) is 78.9 Å². The second kappa shape index (κ2) is 18.8. The third-order valence-electron chi connectivity index (χ3n) is 11.9. The molecule has 0 bridgehead atoms. The molecule has 10 nitrogen and oxygen atoms in total. The Morgan fingerprint density at radius 3 is 2.05 bits per heavy atom. The minimum atomic E-state index is -2.91. The lowest BCUT2D eigenvalue weighted by Gasteiger charge is -2.44. The molecule has 0 unspecified atom stereocenters. The van der Waals surface area contributed by atoms with E-state index in [1.807, 2.05) is 81.4 Å². The van der Waals surface area contributed by atoms with Gasteiger partial charge in [0.2, 0.25) is 23.6 Å². The van der Waals surface area contributed by atoms with Crippen LogP contribution in [0, 0.1) is 6.92 Å². The summed E-state index contributed by atoms with van der Waals surface area (Å²) in [5, 5.41) is 10.8. The number of fused-ring (bicyclic) bond motifs is 1. The van der Waals surface area contributed by atoms with Gasteiger partial charge in [0, 0.05) is 19.4 Å². The minimum Gasteiger partial charge on any atom is -0.398 e. The first-order valence-corrected chi connectivity index (χ1v) is 22.6. The Morgan fingerprint density at radius 2 is 1.47 bits per heavy atom. The highest BCUT2D eigenvalue weighted by molar-refractivity contribution is 6.99. The molecule has 2 fully saturated rings. The summed E-state index contributed by atoms with van der Waals surface area (Å²) in [5.41, 5.74) is 0.653. The van der Waals surface area contributed by atoms with E-state index in [0.29, 0.717) is 51.5 Å². The van der Waals surface area contributed by atoms with Gasteiger partial charge in [0.15, 0.2) is 5.78 Å². The van der Waals surface area contributed by atoms with Crippen LogP contribution < -0.4 is 26.3 Å². The Kier molecular flexibility index (Phi) is 14.3. The van der Waals surface area contributed by atoms with Gasteiger partial charge in [-0.25, -0.2) is 0 Å². The van der Waals surface area contributed by atoms with Gasteiger partial charge in [-0.1, -0.05) is 131 Å². The Bertz CT molecular complexity index is 1830. The normalized spacial score (nSPS) is 22.7. The van der Waals surface area contributed by atoms with E-state index in [0.717, 1.165) is 21.5 Å². The maximum atomic E-state index is 14.1. The minimum absolute atomic E-state index is 0.0245. The van der Waals surface area contributed by atoms with Crippen LogP contribution in [-0.2, 0) is 34.8 Å². The molecule has 11 heteroatoms. The molecule has 3 aromatic rings. The van der Waals surface area contributed by atoms with Gasteiger partial charge >= 0.3 is 0 Å². The SMILES string of the molecule is CC[C@]1(C)NC(=O)[C@H](CCCCCC(=O)[C@@H](C)O[Si](c2ccccc2)(c2ccccc2)C(C)(C)C)NC(=O)[C@H]2CCCN2C(=O)[C@H](Cc2ccc(C)cc2)NC1=O. The number of amides is 4. The van der Waals surface area contributed by atoms with E-state index in [1.165, 1.54) is 0 Å². The second-order valence-corrected chi connectivity index (χ2v) is 21.4. The van der Waals surface area contributed by atoms with Gasteiger partial charge < -0.3 is 25.3 Å². The van der Waals surface area contributed by atoms with E-state index in [1.54, 1.807) is 11.8 Å². The molecule has 2 aliphatic heterocycles. The maximum absolute atomic E-state index is 14.1. The van der Waals surface area contributed by atoms with Gasteiger partial charge in [-0.05, 0) is 73.9 Å². The van der Waals surface area contributed by atoms with Crippen molar-refractivity contribution in [3.63, 3.8) is 0 Å². The van der Waals surface area contributed by atoms with Crippen molar-refractivity contribution < 1.29 is 28.4 Å². The van der Waals surface area contributed by atoms with Gasteiger partial charge in [-0.2, -0.15) is 0 Å². The number of nitrogens with one attached hydrogen (secondary N) is 3. The number of benzene rings is 3. The number of carbonyl (C=O) groups excluding carboxylic acids is 5. The summed E-state index contributed by atoms with van der Waals surface area (Å²) in [7, 11) is -2.91. The van der Waals surface area contributed by atoms with E-state index in [4.69, 9.17) is 4.43 Å². The Morgan fingerprint density at radius 1 is 0.860 bits per heavy atom. The first kappa shape index (κ1) is 43.5. The number of hydrogen-bond donors (Lipinski definition) is 3. The zero-order valence-electron chi connectivity index (χ0n) is 34.9. The smallest absolute Gasteiger partial charge is 0.262 e. The average molecular weight is 795 g/mol. The highest BCUT2D eigenvalue weighted by Gasteiger charge is 2.51. The lowest BCUT2D eigenvalue weighted by atomic mass is 9.94. The van der Waals surface area contributed by atoms with E-state index in [9.17, 15) is 24.0 Å². The summed E-state index contributed by atoms with van der Waals surface area (Å²) in [6, 6.07) is 25.8. The fourth-order valence-corrected chi connectivity index (χ4v) is 12.9. The summed E-state index contributed by atoms with van der Waals surface area (Å²) in [6.45, 7) is 14.3. The summed E-state index contributed by atoms with van der Waals surface area (Å²) < 4.78 is 7.03. The van der Waals surface area contributed by atoms with Crippen molar-refractivity contribution in [2.75, 3.05) is 6.54 Å². The summed E-state index contributed by atoms with van der Waals surface area (Å²) >= 11 is 0. The fraction of sp³-hybridized carbons (Fsp3) is 0.500. The number of Topliss-reactive ketones (excluding diaryl/α,β-unsaturated/α-hetero) is 1. The predicted octanol–water partition coefficient (Wildman–Crippen LogP) is 5.28. The molecule has 3 N–H and O–H groups in total. The van der Waals surface area contributed by atoms with Crippen molar-refractivity contribution in [1.82, 2.24) is 20.9 Å². The van der Waals surface area contributed by atoms with Crippen molar-refractivity contribution in [2.45, 2.75) is 141 Å². The van der Waals surface area contributed by atoms with Crippen LogP contribution >= 0.6 is 0 Å². The number of carbonyl (C=O) groups is 5. The molecule has 306 valence electrons. The Labute approximate surface area is 340 Å². The van der Waals surface area contributed by atoms with Gasteiger partial charge in [-0.15, -0.1) is 0 Å². The van der Waals surface area contributed by atoms with Crippen LogP contribution in [0.2, 0.25) is 5.04 Å². The standard InChI is InChI=1S/C46H62N4O6Si/c1-8-46(7)44(55)48-38(31-34-28-26-32(2)27-29-34)43(54)50-30-18-24-39(50)42(53)47-37(41(52)49-46)23-16-11-17-25-40(51)33(3)56-57(45(4,5)6,35-19-12-9-13-20-35)36-21-14-10-15-22-36/h9-10,12-15,19-22,26-29,33,37-39H,8,11,16-18,23-25,30-31H2,1-7H3,(H,47,53)(H,48,55)(H,49,52)/t33-,37+,38+,39-,46+/m1/s1. The van der Waals surface area contributed by atoms with Crippen LogP contribution in [0.25, 0.3) is 0 Å². The molecule has 2 saturated heterocycles. The highest BCUT2D eigenvalue weighted by Crippen LogP contribution is 2.37. The van der Waals surface area contributed by atoms with Crippen LogP contribution in [0.4, 0.5) is 0 Å². The summed E-state index contributed by atoms with van der Waals surface area (Å²) in [6.07, 6.45) is 3.48. The summed E-state index contributed by atoms with van der Waals surface area (Å²) in [4.78, 5) is 71.0. The van der Waals surface area contributed by atoms with Gasteiger partial charge in [-0.3, -0.25) is 24.0 Å². The molecule has 2 aliphatic rings. The zero-order chi connectivity index (χ0) is 41.4. The first-order valence-electron chi connectivity index (χ1n) is 20.7. The number of ketones is 1. The van der Waals surface area contributed by atoms with Crippen LogP contribution in [0.15, 0.2) is 84.9 Å². The van der Waals surface area contributed by atoms with Crippen molar-refractivity contribution in [3.8, 4) is 0 Å².